The lowest BCUT2D eigenvalue weighted by Gasteiger charge is -2.37. The molecule has 1 fully saturated rings. The topological polar surface area (TPSA) is 120 Å². The number of piperazine rings is 1. The van der Waals surface area contributed by atoms with Crippen LogP contribution in [-0.2, 0) is 19.6 Å². The van der Waals surface area contributed by atoms with Gasteiger partial charge in [0.1, 0.15) is 23.1 Å². The monoisotopic (exact) mass is 622 g/mol. The average Bonchev–Trinajstić information content (AvgIpc) is 2.99. The van der Waals surface area contributed by atoms with E-state index in [1.807, 2.05) is 11.0 Å². The highest BCUT2D eigenvalue weighted by molar-refractivity contribution is 5.50. The van der Waals surface area contributed by atoms with Gasteiger partial charge in [-0.1, -0.05) is 24.3 Å². The molecule has 1 atom stereocenters. The molecule has 0 spiro atoms. The van der Waals surface area contributed by atoms with E-state index in [2.05, 4.69) is 4.90 Å². The number of rotatable bonds is 9. The van der Waals surface area contributed by atoms with Gasteiger partial charge in [-0.15, -0.1) is 0 Å². The van der Waals surface area contributed by atoms with Crippen molar-refractivity contribution in [2.75, 3.05) is 31.1 Å². The fourth-order valence-electron chi connectivity index (χ4n) is 5.78. The number of benzene rings is 3. The van der Waals surface area contributed by atoms with Crippen LogP contribution in [0.25, 0.3) is 0 Å². The lowest BCUT2D eigenvalue weighted by atomic mass is 10.0. The van der Waals surface area contributed by atoms with Crippen molar-refractivity contribution in [1.29, 1.82) is 0 Å². The number of hydrogen-bond acceptors (Lipinski definition) is 7. The Bertz CT molecular complexity index is 1830. The number of aryl methyl sites for hydroxylation is 1. The van der Waals surface area contributed by atoms with Crippen molar-refractivity contribution in [3.05, 3.63) is 137 Å². The van der Waals surface area contributed by atoms with E-state index in [9.17, 15) is 32.9 Å². The van der Waals surface area contributed by atoms with Gasteiger partial charge in [0.2, 0.25) is 0 Å². The van der Waals surface area contributed by atoms with E-state index in [4.69, 9.17) is 5.73 Å². The second-order valence-corrected chi connectivity index (χ2v) is 11.3. The van der Waals surface area contributed by atoms with Gasteiger partial charge in [0.15, 0.2) is 0 Å². The predicted molar refractivity (Wildman–Crippen MR) is 164 cm³/mol. The number of nitrogens with zero attached hydrogens (tertiary/aromatic N) is 5. The van der Waals surface area contributed by atoms with Crippen LogP contribution in [0.4, 0.5) is 24.5 Å². The Labute approximate surface area is 256 Å². The normalized spacial score (nSPS) is 14.5. The van der Waals surface area contributed by atoms with E-state index < -0.39 is 46.2 Å². The van der Waals surface area contributed by atoms with Crippen LogP contribution in [0.3, 0.4) is 0 Å². The Morgan fingerprint density at radius 1 is 0.889 bits per heavy atom. The van der Waals surface area contributed by atoms with Crippen molar-refractivity contribution >= 4 is 11.4 Å². The summed E-state index contributed by atoms with van der Waals surface area (Å²) in [6.07, 6.45) is 0. The number of hydrogen-bond donors (Lipinski definition) is 1. The first kappa shape index (κ1) is 31.7. The molecule has 236 valence electrons. The summed E-state index contributed by atoms with van der Waals surface area (Å²) in [5.41, 5.74) is 6.88. The summed E-state index contributed by atoms with van der Waals surface area (Å²) in [7, 11) is 0. The number of non-ortho nitro benzene ring substituents is 1. The van der Waals surface area contributed by atoms with Gasteiger partial charge >= 0.3 is 5.69 Å². The number of nitro groups is 1. The highest BCUT2D eigenvalue weighted by Crippen LogP contribution is 2.22. The van der Waals surface area contributed by atoms with Crippen molar-refractivity contribution in [1.82, 2.24) is 14.0 Å². The molecule has 45 heavy (non-hydrogen) atoms. The van der Waals surface area contributed by atoms with Gasteiger partial charge < -0.3 is 10.6 Å². The highest BCUT2D eigenvalue weighted by atomic mass is 19.1. The summed E-state index contributed by atoms with van der Waals surface area (Å²) in [5.74, 6) is -2.17. The third-order valence-electron chi connectivity index (χ3n) is 8.12. The number of halogens is 3. The first-order chi connectivity index (χ1) is 21.4. The molecule has 0 unspecified atom stereocenters. The Morgan fingerprint density at radius 2 is 1.56 bits per heavy atom. The largest absolute Gasteiger partial charge is 0.363 e. The molecule has 1 aromatic heterocycles. The summed E-state index contributed by atoms with van der Waals surface area (Å²) in [6, 6.07) is 13.1. The molecule has 1 aliphatic rings. The molecular formula is C32H33F3N6O4. The lowest BCUT2D eigenvalue weighted by Crippen LogP contribution is -2.51. The molecule has 1 saturated heterocycles. The minimum atomic E-state index is -0.925. The standard InChI is InChI=1S/C32H33F3N6O4/c1-20-13-23(16-24(33)14-20)29(36)19-40-31(42)30(21(2)39(32(40)43)18-26-27(34)7-4-8-28(26)35)38-11-9-37(10-12-38)17-22-5-3-6-25(15-22)41(44)45/h3-8,13-16,29H,9-12,17-19,36H2,1-2H3/t29-/m1/s1. The van der Waals surface area contributed by atoms with Gasteiger partial charge in [-0.25, -0.2) is 18.0 Å². The number of nitro benzene ring substituents is 1. The molecule has 1 aliphatic heterocycles. The van der Waals surface area contributed by atoms with Crippen molar-refractivity contribution < 1.29 is 18.1 Å². The Hall–Kier alpha value is -4.75. The van der Waals surface area contributed by atoms with Crippen LogP contribution in [0.5, 0.6) is 0 Å². The summed E-state index contributed by atoms with van der Waals surface area (Å²) in [5, 5.41) is 11.2. The molecule has 0 bridgehead atoms. The molecule has 4 aromatic rings. The SMILES string of the molecule is Cc1cc(F)cc([C@H](N)Cn2c(=O)c(N3CCN(Cc4cccc([N+](=O)[O-])c4)CC3)c(C)n(Cc3c(F)cccc3F)c2=O)c1. The average molecular weight is 623 g/mol. The molecular weight excluding hydrogens is 589 g/mol. The molecule has 0 aliphatic carbocycles. The minimum absolute atomic E-state index is 0.00228. The number of anilines is 1. The zero-order valence-electron chi connectivity index (χ0n) is 24.9. The smallest absolute Gasteiger partial charge is 0.331 e. The predicted octanol–water partition coefficient (Wildman–Crippen LogP) is 4.02. The second kappa shape index (κ2) is 13.1. The molecule has 5 rings (SSSR count). The molecule has 0 amide bonds. The first-order valence-corrected chi connectivity index (χ1v) is 14.4. The van der Waals surface area contributed by atoms with E-state index in [1.165, 1.54) is 30.3 Å². The highest BCUT2D eigenvalue weighted by Gasteiger charge is 2.27. The van der Waals surface area contributed by atoms with Crippen LogP contribution in [0.1, 0.15) is 34.0 Å². The molecule has 10 nitrogen and oxygen atoms in total. The first-order valence-electron chi connectivity index (χ1n) is 14.4. The minimum Gasteiger partial charge on any atom is -0.363 e. The number of nitrogens with two attached hydrogens (primary N) is 1. The molecule has 13 heteroatoms. The zero-order chi connectivity index (χ0) is 32.4. The lowest BCUT2D eigenvalue weighted by molar-refractivity contribution is -0.384. The van der Waals surface area contributed by atoms with Crippen LogP contribution in [-0.4, -0.2) is 45.1 Å². The summed E-state index contributed by atoms with van der Waals surface area (Å²) in [4.78, 5) is 42.4. The summed E-state index contributed by atoms with van der Waals surface area (Å²) in [6.45, 7) is 4.75. The van der Waals surface area contributed by atoms with Crippen molar-refractivity contribution in [3.63, 3.8) is 0 Å². The van der Waals surface area contributed by atoms with Crippen LogP contribution < -0.4 is 21.9 Å². The van der Waals surface area contributed by atoms with E-state index >= 15 is 0 Å². The maximum atomic E-state index is 14.7. The van der Waals surface area contributed by atoms with Crippen molar-refractivity contribution in [2.45, 2.75) is 39.5 Å². The maximum absolute atomic E-state index is 14.7. The van der Waals surface area contributed by atoms with E-state index in [-0.39, 0.29) is 29.2 Å². The Balaban J connectivity index is 1.49. The van der Waals surface area contributed by atoms with Gasteiger partial charge in [0.05, 0.1) is 18.0 Å². The van der Waals surface area contributed by atoms with Gasteiger partial charge in [-0.3, -0.25) is 28.9 Å². The Morgan fingerprint density at radius 3 is 2.20 bits per heavy atom. The fourth-order valence-corrected chi connectivity index (χ4v) is 5.78. The maximum Gasteiger partial charge on any atom is 0.331 e. The number of aromatic nitrogens is 2. The molecule has 2 N–H and O–H groups in total. The molecule has 2 heterocycles. The third kappa shape index (κ3) is 6.84. The van der Waals surface area contributed by atoms with Crippen molar-refractivity contribution in [2.24, 2.45) is 5.73 Å². The zero-order valence-corrected chi connectivity index (χ0v) is 24.9. The molecule has 0 saturated carbocycles. The van der Waals surface area contributed by atoms with Crippen LogP contribution in [0.2, 0.25) is 0 Å². The summed E-state index contributed by atoms with van der Waals surface area (Å²) < 4.78 is 45.7. The van der Waals surface area contributed by atoms with Gasteiger partial charge in [0, 0.05) is 62.2 Å². The fraction of sp³-hybridized carbons (Fsp3) is 0.312. The quantitative estimate of drug-likeness (QED) is 0.221. The molecule has 3 aromatic carbocycles. The van der Waals surface area contributed by atoms with E-state index in [0.29, 0.717) is 43.9 Å². The van der Waals surface area contributed by atoms with E-state index in [1.54, 1.807) is 26.0 Å². The van der Waals surface area contributed by atoms with Gasteiger partial charge in [-0.2, -0.15) is 0 Å². The second-order valence-electron chi connectivity index (χ2n) is 11.3. The summed E-state index contributed by atoms with van der Waals surface area (Å²) >= 11 is 0. The van der Waals surface area contributed by atoms with Gasteiger partial charge in [0.25, 0.3) is 11.2 Å². The Kier molecular flexibility index (Phi) is 9.21. The van der Waals surface area contributed by atoms with Crippen LogP contribution >= 0.6 is 0 Å². The third-order valence-corrected chi connectivity index (χ3v) is 8.12. The van der Waals surface area contributed by atoms with E-state index in [0.717, 1.165) is 26.8 Å². The van der Waals surface area contributed by atoms with Gasteiger partial charge in [-0.05, 0) is 54.8 Å². The van der Waals surface area contributed by atoms with Crippen molar-refractivity contribution in [3.8, 4) is 0 Å². The van der Waals surface area contributed by atoms with Crippen LogP contribution in [0, 0.1) is 41.4 Å². The van der Waals surface area contributed by atoms with Crippen LogP contribution in [0.15, 0.2) is 70.3 Å². The molecule has 0 radical (unpaired) electrons.